The predicted octanol–water partition coefficient (Wildman–Crippen LogP) is 4.05. The second-order valence-electron chi connectivity index (χ2n) is 4.85. The van der Waals surface area contributed by atoms with Gasteiger partial charge in [-0.1, -0.05) is 6.07 Å². The third kappa shape index (κ3) is 2.65. The topological polar surface area (TPSA) is 30.0 Å². The van der Waals surface area contributed by atoms with Gasteiger partial charge in [0.15, 0.2) is 5.78 Å². The molecule has 0 saturated heterocycles. The molecule has 0 fully saturated rings. The number of rotatable bonds is 2. The number of nitrogens with zero attached hydrogens (tertiary/aromatic N) is 1. The van der Waals surface area contributed by atoms with Crippen LogP contribution in [0.4, 0.5) is 8.78 Å². The summed E-state index contributed by atoms with van der Waals surface area (Å²) in [5, 5.41) is 0.809. The highest BCUT2D eigenvalue weighted by atomic mass is 19.1. The molecule has 4 heteroatoms. The molecule has 0 N–H and O–H groups in total. The van der Waals surface area contributed by atoms with Crippen molar-refractivity contribution < 1.29 is 13.6 Å². The van der Waals surface area contributed by atoms with E-state index in [0.29, 0.717) is 5.56 Å². The number of aryl methyl sites for hydroxylation is 1. The lowest BCUT2D eigenvalue weighted by molar-refractivity contribution is 0.103. The molecule has 0 amide bonds. The molecular formula is C17H11F2NO. The van der Waals surface area contributed by atoms with Crippen molar-refractivity contribution in [3.05, 3.63) is 77.0 Å². The molecule has 0 spiro atoms. The molecule has 2 aromatic carbocycles. The van der Waals surface area contributed by atoms with E-state index in [1.54, 1.807) is 18.2 Å². The molecule has 21 heavy (non-hydrogen) atoms. The lowest BCUT2D eigenvalue weighted by Crippen LogP contribution is -2.03. The zero-order chi connectivity index (χ0) is 15.0. The largest absolute Gasteiger partial charge is 0.289 e. The number of carbonyl (C=O) groups excluding carboxylic acids is 1. The zero-order valence-corrected chi connectivity index (χ0v) is 11.2. The van der Waals surface area contributed by atoms with Crippen molar-refractivity contribution in [2.24, 2.45) is 0 Å². The van der Waals surface area contributed by atoms with E-state index in [2.05, 4.69) is 4.98 Å². The summed E-state index contributed by atoms with van der Waals surface area (Å²) in [6.45, 7) is 1.88. The summed E-state index contributed by atoms with van der Waals surface area (Å²) < 4.78 is 26.4. The molecule has 0 atom stereocenters. The van der Waals surface area contributed by atoms with Crippen LogP contribution in [0.15, 0.2) is 48.5 Å². The Morgan fingerprint density at radius 2 is 1.62 bits per heavy atom. The van der Waals surface area contributed by atoms with Gasteiger partial charge in [-0.2, -0.15) is 0 Å². The molecule has 0 aliphatic carbocycles. The van der Waals surface area contributed by atoms with Crippen molar-refractivity contribution in [2.45, 2.75) is 6.92 Å². The van der Waals surface area contributed by atoms with Crippen LogP contribution >= 0.6 is 0 Å². The lowest BCUT2D eigenvalue weighted by Gasteiger charge is -2.04. The molecule has 0 radical (unpaired) electrons. The highest BCUT2D eigenvalue weighted by molar-refractivity contribution is 6.10. The normalized spacial score (nSPS) is 10.8. The van der Waals surface area contributed by atoms with E-state index in [1.807, 2.05) is 19.1 Å². The van der Waals surface area contributed by atoms with Crippen LogP contribution in [0.2, 0.25) is 0 Å². The minimum absolute atomic E-state index is 0.00748. The number of carbonyl (C=O) groups is 1. The Kier molecular flexibility index (Phi) is 3.22. The third-order valence-electron chi connectivity index (χ3n) is 3.22. The van der Waals surface area contributed by atoms with Crippen molar-refractivity contribution in [3.63, 3.8) is 0 Å². The van der Waals surface area contributed by atoms with Crippen LogP contribution < -0.4 is 0 Å². The summed E-state index contributed by atoms with van der Waals surface area (Å²) in [6.07, 6.45) is 0. The van der Waals surface area contributed by atoms with Crippen LogP contribution in [0.3, 0.4) is 0 Å². The van der Waals surface area contributed by atoms with Gasteiger partial charge in [0.2, 0.25) is 0 Å². The second kappa shape index (κ2) is 5.05. The fourth-order valence-corrected chi connectivity index (χ4v) is 2.22. The van der Waals surface area contributed by atoms with Crippen LogP contribution in [0.25, 0.3) is 10.9 Å². The minimum Gasteiger partial charge on any atom is -0.289 e. The van der Waals surface area contributed by atoms with E-state index in [4.69, 9.17) is 0 Å². The van der Waals surface area contributed by atoms with Crippen LogP contribution in [0.1, 0.15) is 21.6 Å². The molecule has 3 aromatic rings. The second-order valence-corrected chi connectivity index (χ2v) is 4.85. The van der Waals surface area contributed by atoms with Gasteiger partial charge in [-0.25, -0.2) is 8.78 Å². The number of ketones is 1. The number of halogens is 2. The van der Waals surface area contributed by atoms with Crippen LogP contribution in [-0.2, 0) is 0 Å². The first-order valence-electron chi connectivity index (χ1n) is 6.41. The van der Waals surface area contributed by atoms with Gasteiger partial charge >= 0.3 is 0 Å². The summed E-state index contributed by atoms with van der Waals surface area (Å²) in [4.78, 5) is 16.7. The molecule has 0 aliphatic rings. The van der Waals surface area contributed by atoms with E-state index in [9.17, 15) is 13.6 Å². The van der Waals surface area contributed by atoms with Gasteiger partial charge in [-0.05, 0) is 43.3 Å². The minimum atomic E-state index is -0.767. The van der Waals surface area contributed by atoms with Gasteiger partial charge < -0.3 is 0 Å². The standard InChI is InChI=1S/C17H11F2NO/c1-10-2-3-11-6-12(4-5-16(11)20-10)17(21)13-7-14(18)9-15(19)8-13/h2-9H,1H3. The number of hydrogen-bond acceptors (Lipinski definition) is 2. The van der Waals surface area contributed by atoms with Crippen molar-refractivity contribution in [2.75, 3.05) is 0 Å². The van der Waals surface area contributed by atoms with E-state index < -0.39 is 17.4 Å². The third-order valence-corrected chi connectivity index (χ3v) is 3.22. The summed E-state index contributed by atoms with van der Waals surface area (Å²) in [7, 11) is 0. The Hall–Kier alpha value is -2.62. The van der Waals surface area contributed by atoms with Crippen LogP contribution in [0.5, 0.6) is 0 Å². The molecule has 3 rings (SSSR count). The highest BCUT2D eigenvalue weighted by Gasteiger charge is 2.12. The Morgan fingerprint density at radius 3 is 2.33 bits per heavy atom. The fourth-order valence-electron chi connectivity index (χ4n) is 2.22. The average molecular weight is 283 g/mol. The van der Waals surface area contributed by atoms with Crippen LogP contribution in [-0.4, -0.2) is 10.8 Å². The molecule has 0 unspecified atom stereocenters. The number of pyridine rings is 1. The molecule has 2 nitrogen and oxygen atoms in total. The Labute approximate surface area is 120 Å². The van der Waals surface area contributed by atoms with Gasteiger partial charge in [0.1, 0.15) is 11.6 Å². The lowest BCUT2D eigenvalue weighted by atomic mass is 10.0. The Bertz CT molecular complexity index is 838. The van der Waals surface area contributed by atoms with Gasteiger partial charge in [0, 0.05) is 28.3 Å². The first-order chi connectivity index (χ1) is 10.0. The number of hydrogen-bond donors (Lipinski definition) is 0. The van der Waals surface area contributed by atoms with Gasteiger partial charge in [0.05, 0.1) is 5.52 Å². The molecular weight excluding hydrogens is 272 g/mol. The first-order valence-corrected chi connectivity index (χ1v) is 6.41. The number of fused-ring (bicyclic) bond motifs is 1. The summed E-state index contributed by atoms with van der Waals surface area (Å²) in [6, 6.07) is 11.5. The first kappa shape index (κ1) is 13.4. The quantitative estimate of drug-likeness (QED) is 0.664. The van der Waals surface area contributed by atoms with E-state index in [-0.39, 0.29) is 5.56 Å². The molecule has 1 aromatic heterocycles. The maximum Gasteiger partial charge on any atom is 0.193 e. The molecule has 0 aliphatic heterocycles. The Morgan fingerprint density at radius 1 is 0.905 bits per heavy atom. The number of aromatic nitrogens is 1. The van der Waals surface area contributed by atoms with Crippen molar-refractivity contribution in [1.82, 2.24) is 4.98 Å². The van der Waals surface area contributed by atoms with Crippen molar-refractivity contribution in [1.29, 1.82) is 0 Å². The molecule has 0 saturated carbocycles. The van der Waals surface area contributed by atoms with Crippen molar-refractivity contribution >= 4 is 16.7 Å². The zero-order valence-electron chi connectivity index (χ0n) is 11.2. The highest BCUT2D eigenvalue weighted by Crippen LogP contribution is 2.18. The molecule has 0 bridgehead atoms. The van der Waals surface area contributed by atoms with Crippen LogP contribution in [0, 0.1) is 18.6 Å². The molecule has 1 heterocycles. The number of benzene rings is 2. The monoisotopic (exact) mass is 283 g/mol. The van der Waals surface area contributed by atoms with E-state index >= 15 is 0 Å². The summed E-state index contributed by atoms with van der Waals surface area (Å²) in [5.74, 6) is -1.95. The SMILES string of the molecule is Cc1ccc2cc(C(=O)c3cc(F)cc(F)c3)ccc2n1. The van der Waals surface area contributed by atoms with Crippen molar-refractivity contribution in [3.8, 4) is 0 Å². The van der Waals surface area contributed by atoms with E-state index in [1.165, 1.54) is 0 Å². The smallest absolute Gasteiger partial charge is 0.193 e. The maximum absolute atomic E-state index is 13.2. The van der Waals surface area contributed by atoms with Gasteiger partial charge in [-0.3, -0.25) is 9.78 Å². The van der Waals surface area contributed by atoms with Gasteiger partial charge in [-0.15, -0.1) is 0 Å². The predicted molar refractivity (Wildman–Crippen MR) is 76.3 cm³/mol. The van der Waals surface area contributed by atoms with E-state index in [0.717, 1.165) is 34.8 Å². The molecule has 104 valence electrons. The average Bonchev–Trinajstić information content (AvgIpc) is 2.45. The van der Waals surface area contributed by atoms with Gasteiger partial charge in [0.25, 0.3) is 0 Å². The Balaban J connectivity index is 2.07. The fraction of sp³-hybridized carbons (Fsp3) is 0.0588. The summed E-state index contributed by atoms with van der Waals surface area (Å²) in [5.41, 5.74) is 2.02. The summed E-state index contributed by atoms with van der Waals surface area (Å²) >= 11 is 0. The maximum atomic E-state index is 13.2.